The van der Waals surface area contributed by atoms with E-state index in [2.05, 4.69) is 4.90 Å². The van der Waals surface area contributed by atoms with Crippen molar-refractivity contribution in [2.24, 2.45) is 0 Å². The van der Waals surface area contributed by atoms with E-state index in [9.17, 15) is 4.79 Å². The molecule has 0 atom stereocenters. The number of carbonyl (C=O) groups is 1. The molecular weight excluding hydrogens is 218 g/mol. The minimum atomic E-state index is -0.910. The Morgan fingerprint density at radius 1 is 1.41 bits per heavy atom. The molecule has 0 aliphatic carbocycles. The summed E-state index contributed by atoms with van der Waals surface area (Å²) in [4.78, 5) is 12.9. The monoisotopic (exact) mass is 237 g/mol. The van der Waals surface area contributed by atoms with Crippen molar-refractivity contribution in [2.45, 2.75) is 13.3 Å². The second-order valence-corrected chi connectivity index (χ2v) is 4.29. The third kappa shape index (κ3) is 4.44. The van der Waals surface area contributed by atoms with Gasteiger partial charge in [-0.1, -0.05) is 0 Å². The lowest BCUT2D eigenvalue weighted by molar-refractivity contribution is 0.0696. The molecule has 17 heavy (non-hydrogen) atoms. The van der Waals surface area contributed by atoms with Gasteiger partial charge < -0.3 is 14.7 Å². The molecule has 0 aliphatic heterocycles. The van der Waals surface area contributed by atoms with Crippen molar-refractivity contribution in [1.29, 1.82) is 0 Å². The Labute approximate surface area is 102 Å². The van der Waals surface area contributed by atoms with E-state index < -0.39 is 5.97 Å². The highest BCUT2D eigenvalue weighted by atomic mass is 16.5. The summed E-state index contributed by atoms with van der Waals surface area (Å²) in [6, 6.07) is 4.91. The predicted octanol–water partition coefficient (Wildman–Crippen LogP) is 2.02. The van der Waals surface area contributed by atoms with Crippen molar-refractivity contribution in [3.05, 3.63) is 29.3 Å². The number of carboxylic acids is 1. The second-order valence-electron chi connectivity index (χ2n) is 4.29. The maximum atomic E-state index is 10.8. The minimum absolute atomic E-state index is 0.295. The number of nitrogens with zero attached hydrogens (tertiary/aromatic N) is 1. The van der Waals surface area contributed by atoms with Gasteiger partial charge in [0.05, 0.1) is 12.2 Å². The molecule has 4 nitrogen and oxygen atoms in total. The number of ether oxygens (including phenoxy) is 1. The van der Waals surface area contributed by atoms with E-state index >= 15 is 0 Å². The molecule has 1 N–H and O–H groups in total. The summed E-state index contributed by atoms with van der Waals surface area (Å²) in [5.41, 5.74) is 1.15. The van der Waals surface area contributed by atoms with Crippen LogP contribution < -0.4 is 4.74 Å². The van der Waals surface area contributed by atoms with Crippen molar-refractivity contribution in [3.8, 4) is 5.75 Å². The average Bonchev–Trinajstić information content (AvgIpc) is 2.25. The molecule has 0 spiro atoms. The summed E-state index contributed by atoms with van der Waals surface area (Å²) in [7, 11) is 4.04. The van der Waals surface area contributed by atoms with E-state index in [1.807, 2.05) is 21.0 Å². The molecule has 1 aromatic rings. The van der Waals surface area contributed by atoms with E-state index in [1.165, 1.54) is 0 Å². The molecular formula is C13H19NO3. The standard InChI is InChI=1S/C13H19NO3/c1-10-9-11(13(15)16)5-6-12(10)17-8-4-7-14(2)3/h5-6,9H,4,7-8H2,1-3H3,(H,15,16). The first kappa shape index (κ1) is 13.5. The van der Waals surface area contributed by atoms with Gasteiger partial charge in [-0.05, 0) is 51.2 Å². The van der Waals surface area contributed by atoms with Gasteiger partial charge in [-0.15, -0.1) is 0 Å². The average molecular weight is 237 g/mol. The molecule has 0 aromatic heterocycles. The molecule has 0 fully saturated rings. The first-order valence-corrected chi connectivity index (χ1v) is 5.62. The zero-order chi connectivity index (χ0) is 12.8. The first-order valence-electron chi connectivity index (χ1n) is 5.62. The highest BCUT2D eigenvalue weighted by Crippen LogP contribution is 2.19. The van der Waals surface area contributed by atoms with Crippen LogP contribution in [0.5, 0.6) is 5.75 Å². The fourth-order valence-corrected chi connectivity index (χ4v) is 1.51. The number of benzene rings is 1. The molecule has 0 saturated carbocycles. The number of hydrogen-bond donors (Lipinski definition) is 1. The van der Waals surface area contributed by atoms with Crippen LogP contribution >= 0.6 is 0 Å². The van der Waals surface area contributed by atoms with Crippen LogP contribution in [-0.2, 0) is 0 Å². The molecule has 0 amide bonds. The summed E-state index contributed by atoms with van der Waals surface area (Å²) in [6.45, 7) is 3.48. The van der Waals surface area contributed by atoms with Gasteiger partial charge in [0.15, 0.2) is 0 Å². The summed E-state index contributed by atoms with van der Waals surface area (Å²) in [5, 5.41) is 8.83. The lowest BCUT2D eigenvalue weighted by Gasteiger charge is -2.12. The minimum Gasteiger partial charge on any atom is -0.493 e. The third-order valence-electron chi connectivity index (χ3n) is 2.43. The SMILES string of the molecule is Cc1cc(C(=O)O)ccc1OCCCN(C)C. The number of carboxylic acid groups (broad SMARTS) is 1. The molecule has 1 aromatic carbocycles. The largest absolute Gasteiger partial charge is 0.493 e. The van der Waals surface area contributed by atoms with Gasteiger partial charge in [-0.3, -0.25) is 0 Å². The molecule has 1 rings (SSSR count). The van der Waals surface area contributed by atoms with Crippen molar-refractivity contribution >= 4 is 5.97 Å². The number of hydrogen-bond acceptors (Lipinski definition) is 3. The highest BCUT2D eigenvalue weighted by molar-refractivity contribution is 5.88. The number of aryl methyl sites for hydroxylation is 1. The van der Waals surface area contributed by atoms with Gasteiger partial charge in [0.1, 0.15) is 5.75 Å². The molecule has 94 valence electrons. The van der Waals surface area contributed by atoms with E-state index in [1.54, 1.807) is 18.2 Å². The summed E-state index contributed by atoms with van der Waals surface area (Å²) >= 11 is 0. The molecule has 0 bridgehead atoms. The number of aromatic carboxylic acids is 1. The van der Waals surface area contributed by atoms with Crippen molar-refractivity contribution in [3.63, 3.8) is 0 Å². The molecule has 0 unspecified atom stereocenters. The van der Waals surface area contributed by atoms with Crippen LogP contribution in [0.1, 0.15) is 22.3 Å². The van der Waals surface area contributed by atoms with E-state index in [0.29, 0.717) is 12.2 Å². The third-order valence-corrected chi connectivity index (χ3v) is 2.43. The van der Waals surface area contributed by atoms with E-state index in [0.717, 1.165) is 24.3 Å². The summed E-state index contributed by atoms with van der Waals surface area (Å²) in [6.07, 6.45) is 0.952. The van der Waals surface area contributed by atoms with Gasteiger partial charge in [0.25, 0.3) is 0 Å². The van der Waals surface area contributed by atoms with Crippen LogP contribution in [0.2, 0.25) is 0 Å². The highest BCUT2D eigenvalue weighted by Gasteiger charge is 2.06. The van der Waals surface area contributed by atoms with Crippen molar-refractivity contribution < 1.29 is 14.6 Å². The van der Waals surface area contributed by atoms with Gasteiger partial charge in [0.2, 0.25) is 0 Å². The molecule has 0 saturated heterocycles. The Hall–Kier alpha value is -1.55. The summed E-state index contributed by atoms with van der Waals surface area (Å²) in [5.74, 6) is -0.152. The van der Waals surface area contributed by atoms with Crippen LogP contribution in [-0.4, -0.2) is 43.2 Å². The van der Waals surface area contributed by atoms with Gasteiger partial charge >= 0.3 is 5.97 Å². The van der Waals surface area contributed by atoms with Crippen LogP contribution in [0, 0.1) is 6.92 Å². The first-order chi connectivity index (χ1) is 8.00. The molecule has 0 heterocycles. The fourth-order valence-electron chi connectivity index (χ4n) is 1.51. The van der Waals surface area contributed by atoms with E-state index in [-0.39, 0.29) is 0 Å². The van der Waals surface area contributed by atoms with Gasteiger partial charge in [-0.2, -0.15) is 0 Å². The quantitative estimate of drug-likeness (QED) is 0.769. The lowest BCUT2D eigenvalue weighted by Crippen LogP contribution is -2.15. The van der Waals surface area contributed by atoms with Crippen LogP contribution in [0.4, 0.5) is 0 Å². The molecule has 0 radical (unpaired) electrons. The van der Waals surface area contributed by atoms with Crippen LogP contribution in [0.15, 0.2) is 18.2 Å². The number of rotatable bonds is 6. The Morgan fingerprint density at radius 3 is 2.65 bits per heavy atom. The molecule has 4 heteroatoms. The Kier molecular flexibility index (Phi) is 4.97. The fraction of sp³-hybridized carbons (Fsp3) is 0.462. The second kappa shape index (κ2) is 6.25. The maximum Gasteiger partial charge on any atom is 0.335 e. The van der Waals surface area contributed by atoms with Crippen molar-refractivity contribution in [1.82, 2.24) is 4.90 Å². The molecule has 0 aliphatic rings. The topological polar surface area (TPSA) is 49.8 Å². The zero-order valence-electron chi connectivity index (χ0n) is 10.6. The normalized spacial score (nSPS) is 10.6. The smallest absolute Gasteiger partial charge is 0.335 e. The summed E-state index contributed by atoms with van der Waals surface area (Å²) < 4.78 is 5.60. The Bertz CT molecular complexity index is 388. The maximum absolute atomic E-state index is 10.8. The van der Waals surface area contributed by atoms with Crippen LogP contribution in [0.25, 0.3) is 0 Å². The van der Waals surface area contributed by atoms with Gasteiger partial charge in [-0.25, -0.2) is 4.79 Å². The lowest BCUT2D eigenvalue weighted by atomic mass is 10.1. The zero-order valence-corrected chi connectivity index (χ0v) is 10.6. The Morgan fingerprint density at radius 2 is 2.12 bits per heavy atom. The Balaban J connectivity index is 2.52. The predicted molar refractivity (Wildman–Crippen MR) is 66.8 cm³/mol. The van der Waals surface area contributed by atoms with E-state index in [4.69, 9.17) is 9.84 Å². The van der Waals surface area contributed by atoms with Crippen LogP contribution in [0.3, 0.4) is 0 Å². The van der Waals surface area contributed by atoms with Crippen molar-refractivity contribution in [2.75, 3.05) is 27.2 Å². The van der Waals surface area contributed by atoms with Gasteiger partial charge in [0, 0.05) is 6.54 Å².